The van der Waals surface area contributed by atoms with Crippen LogP contribution in [-0.4, -0.2) is 29.7 Å². The molecule has 1 atom stereocenters. The van der Waals surface area contributed by atoms with Crippen LogP contribution in [0.15, 0.2) is 18.2 Å². The average Bonchev–Trinajstić information content (AvgIpc) is 2.34. The maximum atomic E-state index is 10.8. The molecule has 0 aromatic heterocycles. The van der Waals surface area contributed by atoms with Gasteiger partial charge in [0.2, 0.25) is 0 Å². The zero-order chi connectivity index (χ0) is 13.7. The van der Waals surface area contributed by atoms with Gasteiger partial charge in [-0.3, -0.25) is 10.1 Å². The first-order valence-electron chi connectivity index (χ1n) is 5.82. The molecule has 0 bridgehead atoms. The first-order chi connectivity index (χ1) is 8.47. The lowest BCUT2D eigenvalue weighted by molar-refractivity contribution is -0.384. The summed E-state index contributed by atoms with van der Waals surface area (Å²) in [6.45, 7) is 3.93. The largest absolute Gasteiger partial charge is 0.394 e. The van der Waals surface area contributed by atoms with Gasteiger partial charge < -0.3 is 15.7 Å². The van der Waals surface area contributed by atoms with E-state index in [1.807, 2.05) is 13.8 Å². The van der Waals surface area contributed by atoms with E-state index < -0.39 is 4.92 Å². The van der Waals surface area contributed by atoms with Gasteiger partial charge in [0.15, 0.2) is 0 Å². The van der Waals surface area contributed by atoms with Crippen LogP contribution in [-0.2, 0) is 0 Å². The summed E-state index contributed by atoms with van der Waals surface area (Å²) in [6, 6.07) is 4.58. The monoisotopic (exact) mass is 253 g/mol. The van der Waals surface area contributed by atoms with E-state index in [0.29, 0.717) is 11.4 Å². The quantitative estimate of drug-likeness (QED) is 0.533. The molecule has 0 aliphatic heterocycles. The lowest BCUT2D eigenvalue weighted by Gasteiger charge is -2.21. The first kappa shape index (κ1) is 14.2. The van der Waals surface area contributed by atoms with Crippen molar-refractivity contribution >= 4 is 17.1 Å². The van der Waals surface area contributed by atoms with Crippen LogP contribution < -0.4 is 10.6 Å². The van der Waals surface area contributed by atoms with Gasteiger partial charge in [-0.05, 0) is 12.0 Å². The molecule has 6 heteroatoms. The number of nitro benzene ring substituents is 1. The molecule has 0 amide bonds. The minimum absolute atomic E-state index is 0.0183. The van der Waals surface area contributed by atoms with Crippen molar-refractivity contribution in [2.24, 2.45) is 5.92 Å². The number of nitrogens with zero attached hydrogens (tertiary/aromatic N) is 1. The Morgan fingerprint density at radius 1 is 1.33 bits per heavy atom. The summed E-state index contributed by atoms with van der Waals surface area (Å²) in [5.41, 5.74) is 1.30. The number of benzene rings is 1. The Balaban J connectivity index is 3.00. The number of rotatable bonds is 6. The predicted molar refractivity (Wildman–Crippen MR) is 72.0 cm³/mol. The zero-order valence-corrected chi connectivity index (χ0v) is 10.8. The highest BCUT2D eigenvalue weighted by molar-refractivity contribution is 5.63. The second-order valence-electron chi connectivity index (χ2n) is 4.45. The average molecular weight is 253 g/mol. The highest BCUT2D eigenvalue weighted by Crippen LogP contribution is 2.25. The minimum Gasteiger partial charge on any atom is -0.394 e. The van der Waals surface area contributed by atoms with Crippen LogP contribution in [0.1, 0.15) is 13.8 Å². The molecule has 100 valence electrons. The van der Waals surface area contributed by atoms with E-state index in [1.165, 1.54) is 12.1 Å². The van der Waals surface area contributed by atoms with Crippen molar-refractivity contribution in [2.75, 3.05) is 24.3 Å². The lowest BCUT2D eigenvalue weighted by Crippen LogP contribution is -2.29. The third kappa shape index (κ3) is 3.59. The Bertz CT molecular complexity index is 421. The molecule has 1 aromatic rings. The Morgan fingerprint density at radius 3 is 2.39 bits per heavy atom. The molecule has 0 saturated carbocycles. The smallest absolute Gasteiger partial charge is 0.273 e. The van der Waals surface area contributed by atoms with Gasteiger partial charge in [-0.15, -0.1) is 0 Å². The van der Waals surface area contributed by atoms with Crippen LogP contribution >= 0.6 is 0 Å². The van der Waals surface area contributed by atoms with Gasteiger partial charge in [0, 0.05) is 30.6 Å². The minimum atomic E-state index is -0.435. The maximum Gasteiger partial charge on any atom is 0.273 e. The summed E-state index contributed by atoms with van der Waals surface area (Å²) < 4.78 is 0. The number of hydrogen-bond acceptors (Lipinski definition) is 5. The lowest BCUT2D eigenvalue weighted by atomic mass is 10.0. The zero-order valence-electron chi connectivity index (χ0n) is 10.8. The molecule has 0 fully saturated rings. The van der Waals surface area contributed by atoms with Crippen molar-refractivity contribution in [2.45, 2.75) is 19.9 Å². The van der Waals surface area contributed by atoms with Crippen LogP contribution in [0.4, 0.5) is 17.1 Å². The van der Waals surface area contributed by atoms with E-state index in [2.05, 4.69) is 10.6 Å². The van der Waals surface area contributed by atoms with Crippen LogP contribution in [0, 0.1) is 16.0 Å². The fourth-order valence-electron chi connectivity index (χ4n) is 1.58. The SMILES string of the molecule is CNc1cc(NC(CO)C(C)C)cc([N+](=O)[O-])c1. The number of anilines is 2. The molecule has 1 rings (SSSR count). The van der Waals surface area contributed by atoms with Crippen LogP contribution in [0.2, 0.25) is 0 Å². The van der Waals surface area contributed by atoms with Crippen molar-refractivity contribution in [1.82, 2.24) is 0 Å². The number of nitrogens with one attached hydrogen (secondary N) is 2. The highest BCUT2D eigenvalue weighted by atomic mass is 16.6. The number of nitro groups is 1. The number of hydrogen-bond donors (Lipinski definition) is 3. The Morgan fingerprint density at radius 2 is 1.94 bits per heavy atom. The Hall–Kier alpha value is -1.82. The third-order valence-electron chi connectivity index (χ3n) is 2.77. The van der Waals surface area contributed by atoms with Gasteiger partial charge in [0.25, 0.3) is 5.69 Å². The van der Waals surface area contributed by atoms with Gasteiger partial charge >= 0.3 is 0 Å². The second-order valence-corrected chi connectivity index (χ2v) is 4.45. The molecule has 1 aromatic carbocycles. The van der Waals surface area contributed by atoms with Crippen molar-refractivity contribution in [1.29, 1.82) is 0 Å². The molecule has 18 heavy (non-hydrogen) atoms. The number of aliphatic hydroxyl groups excluding tert-OH is 1. The van der Waals surface area contributed by atoms with E-state index in [4.69, 9.17) is 0 Å². The fourth-order valence-corrected chi connectivity index (χ4v) is 1.58. The van der Waals surface area contributed by atoms with Crippen molar-refractivity contribution in [3.05, 3.63) is 28.3 Å². The fraction of sp³-hybridized carbons (Fsp3) is 0.500. The Kier molecular flexibility index (Phi) is 4.91. The van der Waals surface area contributed by atoms with E-state index in [9.17, 15) is 15.2 Å². The summed E-state index contributed by atoms with van der Waals surface area (Å²) in [5, 5.41) is 26.0. The summed E-state index contributed by atoms with van der Waals surface area (Å²) in [5.74, 6) is 0.229. The molecule has 0 aliphatic carbocycles. The second kappa shape index (κ2) is 6.20. The van der Waals surface area contributed by atoms with Crippen LogP contribution in [0.5, 0.6) is 0 Å². The molecule has 3 N–H and O–H groups in total. The predicted octanol–water partition coefficient (Wildman–Crippen LogP) is 2.07. The molecular formula is C12H19N3O3. The molecule has 0 spiro atoms. The maximum absolute atomic E-state index is 10.8. The van der Waals surface area contributed by atoms with Crippen molar-refractivity contribution in [3.8, 4) is 0 Å². The highest BCUT2D eigenvalue weighted by Gasteiger charge is 2.15. The molecule has 0 radical (unpaired) electrons. The van der Waals surface area contributed by atoms with Crippen LogP contribution in [0.25, 0.3) is 0 Å². The van der Waals surface area contributed by atoms with Crippen molar-refractivity contribution < 1.29 is 10.0 Å². The molecule has 0 saturated heterocycles. The topological polar surface area (TPSA) is 87.4 Å². The molecule has 1 unspecified atom stereocenters. The third-order valence-corrected chi connectivity index (χ3v) is 2.77. The molecule has 6 nitrogen and oxygen atoms in total. The Labute approximate surface area is 106 Å². The molecule has 0 heterocycles. The van der Waals surface area contributed by atoms with E-state index in [1.54, 1.807) is 13.1 Å². The number of non-ortho nitro benzene ring substituents is 1. The standard InChI is InChI=1S/C12H19N3O3/c1-8(2)12(7-16)14-10-4-9(13-3)5-11(6-10)15(17)18/h4-6,8,12-14,16H,7H2,1-3H3. The number of aliphatic hydroxyl groups is 1. The van der Waals surface area contributed by atoms with Gasteiger partial charge in [0.1, 0.15) is 0 Å². The van der Waals surface area contributed by atoms with Gasteiger partial charge in [-0.1, -0.05) is 13.8 Å². The summed E-state index contributed by atoms with van der Waals surface area (Å²) in [6.07, 6.45) is 0. The van der Waals surface area contributed by atoms with Gasteiger partial charge in [0.05, 0.1) is 17.6 Å². The van der Waals surface area contributed by atoms with Crippen LogP contribution in [0.3, 0.4) is 0 Å². The summed E-state index contributed by atoms with van der Waals surface area (Å²) in [7, 11) is 1.70. The van der Waals surface area contributed by atoms with E-state index in [-0.39, 0.29) is 24.3 Å². The normalized spacial score (nSPS) is 12.3. The molecular weight excluding hydrogens is 234 g/mol. The van der Waals surface area contributed by atoms with E-state index in [0.717, 1.165) is 0 Å². The summed E-state index contributed by atoms with van der Waals surface area (Å²) in [4.78, 5) is 10.4. The molecule has 0 aliphatic rings. The van der Waals surface area contributed by atoms with Gasteiger partial charge in [-0.2, -0.15) is 0 Å². The summed E-state index contributed by atoms with van der Waals surface area (Å²) >= 11 is 0. The first-order valence-corrected chi connectivity index (χ1v) is 5.82. The van der Waals surface area contributed by atoms with Gasteiger partial charge in [-0.25, -0.2) is 0 Å². The van der Waals surface area contributed by atoms with Crippen molar-refractivity contribution in [3.63, 3.8) is 0 Å². The van der Waals surface area contributed by atoms with E-state index >= 15 is 0 Å².